The summed E-state index contributed by atoms with van der Waals surface area (Å²) >= 11 is 1.84. The van der Waals surface area contributed by atoms with E-state index in [1.165, 1.54) is 29.1 Å². The van der Waals surface area contributed by atoms with Gasteiger partial charge in [-0.3, -0.25) is 0 Å². The second-order valence-corrected chi connectivity index (χ2v) is 5.56. The standard InChI is InChI=1S/C11H16N2OS/c1-12-5-8-6-13-11(15-8)9-4-7-2-3-10(9)14-7/h6-7,9-10,12H,2-5H2,1H3. The Morgan fingerprint density at radius 1 is 1.60 bits per heavy atom. The summed E-state index contributed by atoms with van der Waals surface area (Å²) in [5.74, 6) is 0.583. The van der Waals surface area contributed by atoms with Gasteiger partial charge in [0.2, 0.25) is 0 Å². The fourth-order valence-electron chi connectivity index (χ4n) is 2.65. The van der Waals surface area contributed by atoms with E-state index in [0.717, 1.165) is 6.54 Å². The first-order valence-electron chi connectivity index (χ1n) is 5.61. The molecule has 2 aliphatic heterocycles. The third-order valence-corrected chi connectivity index (χ3v) is 4.47. The van der Waals surface area contributed by atoms with Gasteiger partial charge in [0.25, 0.3) is 0 Å². The highest BCUT2D eigenvalue weighted by Crippen LogP contribution is 2.45. The fraction of sp³-hybridized carbons (Fsp3) is 0.727. The van der Waals surface area contributed by atoms with Gasteiger partial charge in [-0.05, 0) is 26.3 Å². The molecule has 3 unspecified atom stereocenters. The topological polar surface area (TPSA) is 34.2 Å². The van der Waals surface area contributed by atoms with Crippen LogP contribution in [0.4, 0.5) is 0 Å². The SMILES string of the molecule is CNCc1cnc(C2CC3CCC2O3)s1. The zero-order valence-corrected chi connectivity index (χ0v) is 9.72. The van der Waals surface area contributed by atoms with Crippen molar-refractivity contribution in [2.45, 2.75) is 43.9 Å². The molecule has 0 radical (unpaired) electrons. The Kier molecular flexibility index (Phi) is 2.50. The van der Waals surface area contributed by atoms with Crippen molar-refractivity contribution in [1.29, 1.82) is 0 Å². The predicted molar refractivity (Wildman–Crippen MR) is 60.1 cm³/mol. The molecule has 3 rings (SSSR count). The van der Waals surface area contributed by atoms with E-state index in [2.05, 4.69) is 10.3 Å². The van der Waals surface area contributed by atoms with E-state index in [9.17, 15) is 0 Å². The van der Waals surface area contributed by atoms with Crippen molar-refractivity contribution >= 4 is 11.3 Å². The lowest BCUT2D eigenvalue weighted by Crippen LogP contribution is -2.13. The lowest BCUT2D eigenvalue weighted by Gasteiger charge is -2.15. The number of hydrogen-bond donors (Lipinski definition) is 1. The summed E-state index contributed by atoms with van der Waals surface area (Å²) in [5.41, 5.74) is 0. The number of fused-ring (bicyclic) bond motifs is 2. The zero-order chi connectivity index (χ0) is 10.3. The van der Waals surface area contributed by atoms with Crippen LogP contribution in [0.2, 0.25) is 0 Å². The quantitative estimate of drug-likeness (QED) is 0.851. The van der Waals surface area contributed by atoms with Crippen LogP contribution in [0.3, 0.4) is 0 Å². The molecule has 2 saturated heterocycles. The summed E-state index contributed by atoms with van der Waals surface area (Å²) in [6, 6.07) is 0. The Labute approximate surface area is 93.9 Å². The molecular weight excluding hydrogens is 208 g/mol. The van der Waals surface area contributed by atoms with Crippen LogP contribution >= 0.6 is 11.3 Å². The summed E-state index contributed by atoms with van der Waals surface area (Å²) in [7, 11) is 1.97. The number of nitrogens with zero attached hydrogens (tertiary/aromatic N) is 1. The molecule has 82 valence electrons. The minimum Gasteiger partial charge on any atom is -0.374 e. The normalized spacial score (nSPS) is 33.8. The highest BCUT2D eigenvalue weighted by Gasteiger charge is 2.42. The van der Waals surface area contributed by atoms with Crippen molar-refractivity contribution in [2.24, 2.45) is 0 Å². The summed E-state index contributed by atoms with van der Waals surface area (Å²) in [6.07, 6.45) is 6.67. The second kappa shape index (κ2) is 3.85. The van der Waals surface area contributed by atoms with E-state index < -0.39 is 0 Å². The average molecular weight is 224 g/mol. The Bertz CT molecular complexity index is 352. The number of thiazole rings is 1. The summed E-state index contributed by atoms with van der Waals surface area (Å²) < 4.78 is 5.86. The lowest BCUT2D eigenvalue weighted by molar-refractivity contribution is 0.101. The zero-order valence-electron chi connectivity index (χ0n) is 8.90. The number of aromatic nitrogens is 1. The van der Waals surface area contributed by atoms with Crippen molar-refractivity contribution in [3.05, 3.63) is 16.1 Å². The van der Waals surface area contributed by atoms with Gasteiger partial charge in [0.1, 0.15) is 0 Å². The number of rotatable bonds is 3. The molecule has 0 amide bonds. The maximum absolute atomic E-state index is 5.86. The van der Waals surface area contributed by atoms with Crippen LogP contribution in [-0.2, 0) is 11.3 Å². The monoisotopic (exact) mass is 224 g/mol. The van der Waals surface area contributed by atoms with Gasteiger partial charge in [0.05, 0.1) is 17.2 Å². The van der Waals surface area contributed by atoms with Gasteiger partial charge in [-0.25, -0.2) is 4.98 Å². The molecule has 2 bridgehead atoms. The van der Waals surface area contributed by atoms with E-state index in [1.807, 2.05) is 24.6 Å². The van der Waals surface area contributed by atoms with Crippen molar-refractivity contribution in [1.82, 2.24) is 10.3 Å². The highest BCUT2D eigenvalue weighted by molar-refractivity contribution is 7.11. The molecule has 2 fully saturated rings. The molecule has 0 saturated carbocycles. The van der Waals surface area contributed by atoms with Gasteiger partial charge in [-0.1, -0.05) is 0 Å². The van der Waals surface area contributed by atoms with Gasteiger partial charge in [0, 0.05) is 23.5 Å². The Morgan fingerprint density at radius 3 is 3.20 bits per heavy atom. The second-order valence-electron chi connectivity index (χ2n) is 4.41. The molecule has 4 heteroatoms. The molecular formula is C11H16N2OS. The fourth-order valence-corrected chi connectivity index (χ4v) is 3.74. The van der Waals surface area contributed by atoms with Gasteiger partial charge in [0.15, 0.2) is 0 Å². The van der Waals surface area contributed by atoms with E-state index >= 15 is 0 Å². The lowest BCUT2D eigenvalue weighted by atomic mass is 9.90. The smallest absolute Gasteiger partial charge is 0.0986 e. The van der Waals surface area contributed by atoms with Crippen LogP contribution in [-0.4, -0.2) is 24.2 Å². The van der Waals surface area contributed by atoms with Crippen LogP contribution in [0.15, 0.2) is 6.20 Å². The minimum atomic E-state index is 0.462. The number of ether oxygens (including phenoxy) is 1. The predicted octanol–water partition coefficient (Wildman–Crippen LogP) is 1.90. The van der Waals surface area contributed by atoms with E-state index in [0.29, 0.717) is 18.1 Å². The molecule has 3 atom stereocenters. The van der Waals surface area contributed by atoms with Crippen LogP contribution < -0.4 is 5.32 Å². The molecule has 2 aliphatic rings. The molecule has 3 nitrogen and oxygen atoms in total. The maximum atomic E-state index is 5.86. The molecule has 1 aromatic heterocycles. The maximum Gasteiger partial charge on any atom is 0.0986 e. The molecule has 0 aromatic carbocycles. The molecule has 15 heavy (non-hydrogen) atoms. The molecule has 0 spiro atoms. The third-order valence-electron chi connectivity index (χ3n) is 3.35. The molecule has 0 aliphatic carbocycles. The van der Waals surface area contributed by atoms with Crippen LogP contribution in [0.1, 0.15) is 35.1 Å². The first-order valence-corrected chi connectivity index (χ1v) is 6.43. The van der Waals surface area contributed by atoms with Crippen molar-refractivity contribution in [2.75, 3.05) is 7.05 Å². The van der Waals surface area contributed by atoms with Crippen molar-refractivity contribution in [3.8, 4) is 0 Å². The van der Waals surface area contributed by atoms with Gasteiger partial charge in [-0.15, -0.1) is 11.3 Å². The van der Waals surface area contributed by atoms with E-state index in [4.69, 9.17) is 4.74 Å². The summed E-state index contributed by atoms with van der Waals surface area (Å²) in [4.78, 5) is 5.86. The number of nitrogens with one attached hydrogen (secondary N) is 1. The average Bonchev–Trinajstić information content (AvgIpc) is 2.91. The van der Waals surface area contributed by atoms with Gasteiger partial charge in [-0.2, -0.15) is 0 Å². The van der Waals surface area contributed by atoms with Gasteiger partial charge < -0.3 is 10.1 Å². The first-order chi connectivity index (χ1) is 7.36. The van der Waals surface area contributed by atoms with Gasteiger partial charge >= 0.3 is 0 Å². The largest absolute Gasteiger partial charge is 0.374 e. The van der Waals surface area contributed by atoms with Crippen molar-refractivity contribution < 1.29 is 4.74 Å². The van der Waals surface area contributed by atoms with Crippen LogP contribution in [0.5, 0.6) is 0 Å². The Morgan fingerprint density at radius 2 is 2.53 bits per heavy atom. The summed E-state index contributed by atoms with van der Waals surface area (Å²) in [6.45, 7) is 0.930. The minimum absolute atomic E-state index is 0.462. The van der Waals surface area contributed by atoms with Crippen LogP contribution in [0, 0.1) is 0 Å². The molecule has 3 heterocycles. The molecule has 1 N–H and O–H groups in total. The number of hydrogen-bond acceptors (Lipinski definition) is 4. The summed E-state index contributed by atoms with van der Waals surface area (Å²) in [5, 5.41) is 4.45. The Hall–Kier alpha value is -0.450. The molecule has 1 aromatic rings. The first kappa shape index (κ1) is 9.75. The third kappa shape index (κ3) is 1.71. The van der Waals surface area contributed by atoms with Crippen LogP contribution in [0.25, 0.3) is 0 Å². The van der Waals surface area contributed by atoms with Crippen molar-refractivity contribution in [3.63, 3.8) is 0 Å². The van der Waals surface area contributed by atoms with E-state index in [1.54, 1.807) is 0 Å². The Balaban J connectivity index is 1.75. The highest BCUT2D eigenvalue weighted by atomic mass is 32.1. The van der Waals surface area contributed by atoms with E-state index in [-0.39, 0.29) is 0 Å².